The van der Waals surface area contributed by atoms with Crippen LogP contribution in [-0.2, 0) is 13.0 Å². The number of nitrogens with zero attached hydrogens (tertiary/aromatic N) is 3. The maximum absolute atomic E-state index is 4.66. The van der Waals surface area contributed by atoms with Crippen LogP contribution in [0.15, 0.2) is 48.7 Å². The van der Waals surface area contributed by atoms with E-state index in [1.165, 1.54) is 62.3 Å². The normalized spacial score (nSPS) is 23.6. The average molecular weight is 364 g/mol. The first-order chi connectivity index (χ1) is 13.2. The molecule has 0 amide bonds. The largest absolute Gasteiger partial charge is 0.305 e. The fraction of sp³-hybridized carbons (Fsp3) is 0.542. The molecule has 0 aliphatic carbocycles. The first-order valence-corrected chi connectivity index (χ1v) is 10.6. The van der Waals surface area contributed by atoms with E-state index in [-0.39, 0.29) is 0 Å². The second kappa shape index (κ2) is 8.12. The van der Waals surface area contributed by atoms with Crippen molar-refractivity contribution in [3.8, 4) is 0 Å². The number of likely N-dealkylation sites (tertiary alicyclic amines) is 2. The minimum absolute atomic E-state index is 0.490. The summed E-state index contributed by atoms with van der Waals surface area (Å²) >= 11 is 0. The number of aromatic nitrogens is 1. The first-order valence-electron chi connectivity index (χ1n) is 10.6. The molecular weight excluding hydrogens is 330 g/mol. The highest BCUT2D eigenvalue weighted by Crippen LogP contribution is 2.44. The Bertz CT molecular complexity index is 717. The van der Waals surface area contributed by atoms with E-state index in [4.69, 9.17) is 0 Å². The van der Waals surface area contributed by atoms with Crippen molar-refractivity contribution in [2.45, 2.75) is 45.1 Å². The minimum Gasteiger partial charge on any atom is -0.305 e. The molecule has 0 N–H and O–H groups in total. The van der Waals surface area contributed by atoms with Crippen LogP contribution in [0.3, 0.4) is 0 Å². The number of benzene rings is 1. The van der Waals surface area contributed by atoms with Gasteiger partial charge >= 0.3 is 0 Å². The Hall–Kier alpha value is -1.71. The van der Waals surface area contributed by atoms with Gasteiger partial charge in [0.2, 0.25) is 0 Å². The van der Waals surface area contributed by atoms with E-state index >= 15 is 0 Å². The van der Waals surface area contributed by atoms with Crippen LogP contribution in [0.5, 0.6) is 0 Å². The molecule has 2 fully saturated rings. The quantitative estimate of drug-likeness (QED) is 0.805. The summed E-state index contributed by atoms with van der Waals surface area (Å²) in [5.41, 5.74) is 4.55. The van der Waals surface area contributed by atoms with Crippen LogP contribution in [0.1, 0.15) is 48.9 Å². The van der Waals surface area contributed by atoms with Gasteiger partial charge in [-0.2, -0.15) is 0 Å². The van der Waals surface area contributed by atoms with Gasteiger partial charge in [-0.15, -0.1) is 0 Å². The van der Waals surface area contributed by atoms with Crippen molar-refractivity contribution in [2.75, 3.05) is 33.2 Å². The number of hydrogen-bond donors (Lipinski definition) is 0. The summed E-state index contributed by atoms with van der Waals surface area (Å²) in [6.45, 7) is 8.04. The van der Waals surface area contributed by atoms with Gasteiger partial charge in [-0.05, 0) is 74.3 Å². The van der Waals surface area contributed by atoms with Crippen molar-refractivity contribution in [2.24, 2.45) is 5.41 Å². The summed E-state index contributed by atoms with van der Waals surface area (Å²) in [4.78, 5) is 9.84. The number of pyridine rings is 1. The van der Waals surface area contributed by atoms with Gasteiger partial charge in [0.25, 0.3) is 0 Å². The Morgan fingerprint density at radius 3 is 2.52 bits per heavy atom. The van der Waals surface area contributed by atoms with Crippen LogP contribution in [0.4, 0.5) is 0 Å². The minimum atomic E-state index is 0.490. The summed E-state index contributed by atoms with van der Waals surface area (Å²) < 4.78 is 0. The highest BCUT2D eigenvalue weighted by atomic mass is 15.2. The molecule has 1 spiro atoms. The summed E-state index contributed by atoms with van der Waals surface area (Å²) in [6, 6.07) is 15.6. The lowest BCUT2D eigenvalue weighted by Crippen LogP contribution is -2.50. The fourth-order valence-electron chi connectivity index (χ4n) is 5.15. The SMILES string of the molecule is CCc1ccc(CN2CCC3(CC2)CC(c2ccccc2)CN(C)C3)nc1. The molecule has 3 heteroatoms. The van der Waals surface area contributed by atoms with E-state index in [9.17, 15) is 0 Å². The standard InChI is InChI=1S/C24H33N3/c1-3-20-9-10-23(25-16-20)18-27-13-11-24(12-14-27)15-22(17-26(2)19-24)21-7-5-4-6-8-21/h4-10,16,22H,3,11-15,17-19H2,1-2H3. The van der Waals surface area contributed by atoms with Gasteiger partial charge in [0.15, 0.2) is 0 Å². The molecule has 0 radical (unpaired) electrons. The van der Waals surface area contributed by atoms with Crippen LogP contribution in [-0.4, -0.2) is 48.0 Å². The smallest absolute Gasteiger partial charge is 0.0544 e. The third-order valence-electron chi connectivity index (χ3n) is 6.68. The predicted molar refractivity (Wildman–Crippen MR) is 112 cm³/mol. The highest BCUT2D eigenvalue weighted by molar-refractivity contribution is 5.21. The van der Waals surface area contributed by atoms with Crippen LogP contribution < -0.4 is 0 Å². The van der Waals surface area contributed by atoms with Gasteiger partial charge in [-0.25, -0.2) is 0 Å². The van der Waals surface area contributed by atoms with E-state index in [1.54, 1.807) is 0 Å². The van der Waals surface area contributed by atoms with E-state index in [2.05, 4.69) is 71.2 Å². The molecule has 1 unspecified atom stereocenters. The van der Waals surface area contributed by atoms with Gasteiger partial charge in [0, 0.05) is 25.8 Å². The fourth-order valence-corrected chi connectivity index (χ4v) is 5.15. The number of aryl methyl sites for hydroxylation is 1. The molecule has 0 bridgehead atoms. The molecule has 27 heavy (non-hydrogen) atoms. The summed E-state index contributed by atoms with van der Waals surface area (Å²) in [5.74, 6) is 0.680. The van der Waals surface area contributed by atoms with E-state index in [1.807, 2.05) is 6.20 Å². The topological polar surface area (TPSA) is 19.4 Å². The summed E-state index contributed by atoms with van der Waals surface area (Å²) in [7, 11) is 2.31. The average Bonchev–Trinajstić information content (AvgIpc) is 2.71. The van der Waals surface area contributed by atoms with Gasteiger partial charge in [-0.3, -0.25) is 9.88 Å². The maximum Gasteiger partial charge on any atom is 0.0544 e. The third-order valence-corrected chi connectivity index (χ3v) is 6.68. The number of rotatable bonds is 4. The van der Waals surface area contributed by atoms with Crippen molar-refractivity contribution in [1.29, 1.82) is 0 Å². The molecular formula is C24H33N3. The van der Waals surface area contributed by atoms with Crippen molar-refractivity contribution in [3.63, 3.8) is 0 Å². The molecule has 2 aliphatic rings. The van der Waals surface area contributed by atoms with Crippen LogP contribution in [0.2, 0.25) is 0 Å². The maximum atomic E-state index is 4.66. The van der Waals surface area contributed by atoms with Gasteiger partial charge in [0.05, 0.1) is 5.69 Å². The van der Waals surface area contributed by atoms with Gasteiger partial charge < -0.3 is 4.90 Å². The molecule has 2 aliphatic heterocycles. The molecule has 1 aromatic heterocycles. The number of likely N-dealkylation sites (N-methyl/N-ethyl adjacent to an activating group) is 1. The highest BCUT2D eigenvalue weighted by Gasteiger charge is 2.41. The Balaban J connectivity index is 1.38. The lowest BCUT2D eigenvalue weighted by atomic mass is 9.68. The Kier molecular flexibility index (Phi) is 5.60. The van der Waals surface area contributed by atoms with Crippen LogP contribution in [0, 0.1) is 5.41 Å². The predicted octanol–water partition coefficient (Wildman–Crippen LogP) is 4.35. The second-order valence-electron chi connectivity index (χ2n) is 8.80. The van der Waals surface area contributed by atoms with Crippen molar-refractivity contribution >= 4 is 0 Å². The molecule has 1 aromatic carbocycles. The zero-order valence-corrected chi connectivity index (χ0v) is 16.9. The molecule has 4 rings (SSSR count). The molecule has 1 atom stereocenters. The molecule has 2 aromatic rings. The van der Waals surface area contributed by atoms with Crippen LogP contribution >= 0.6 is 0 Å². The molecule has 0 saturated carbocycles. The zero-order valence-electron chi connectivity index (χ0n) is 16.9. The molecule has 3 nitrogen and oxygen atoms in total. The van der Waals surface area contributed by atoms with E-state index < -0.39 is 0 Å². The van der Waals surface area contributed by atoms with Crippen LogP contribution in [0.25, 0.3) is 0 Å². The van der Waals surface area contributed by atoms with Gasteiger partial charge in [0.1, 0.15) is 0 Å². The molecule has 3 heterocycles. The Morgan fingerprint density at radius 1 is 1.07 bits per heavy atom. The molecule has 144 valence electrons. The van der Waals surface area contributed by atoms with Crippen molar-refractivity contribution in [1.82, 2.24) is 14.8 Å². The lowest BCUT2D eigenvalue weighted by molar-refractivity contribution is 0.0215. The third kappa shape index (κ3) is 4.41. The first kappa shape index (κ1) is 18.6. The number of hydrogen-bond acceptors (Lipinski definition) is 3. The molecule has 2 saturated heterocycles. The van der Waals surface area contributed by atoms with Gasteiger partial charge in [-0.1, -0.05) is 43.3 Å². The summed E-state index contributed by atoms with van der Waals surface area (Å²) in [6.07, 6.45) is 7.08. The Labute approximate surface area is 164 Å². The Morgan fingerprint density at radius 2 is 1.85 bits per heavy atom. The monoisotopic (exact) mass is 363 g/mol. The summed E-state index contributed by atoms with van der Waals surface area (Å²) in [5, 5.41) is 0. The van der Waals surface area contributed by atoms with E-state index in [0.29, 0.717) is 11.3 Å². The number of piperidine rings is 2. The van der Waals surface area contributed by atoms with Crippen molar-refractivity contribution < 1.29 is 0 Å². The second-order valence-corrected chi connectivity index (χ2v) is 8.80. The van der Waals surface area contributed by atoms with Crippen molar-refractivity contribution in [3.05, 3.63) is 65.5 Å². The lowest BCUT2D eigenvalue weighted by Gasteiger charge is -2.49. The van der Waals surface area contributed by atoms with E-state index in [0.717, 1.165) is 13.0 Å². The zero-order chi connectivity index (χ0) is 18.7.